The second-order valence-electron chi connectivity index (χ2n) is 6.45. The van der Waals surface area contributed by atoms with Crippen molar-refractivity contribution >= 4 is 34.5 Å². The highest BCUT2D eigenvalue weighted by molar-refractivity contribution is 6.31. The molecule has 152 valence electrons. The first-order valence-corrected chi connectivity index (χ1v) is 9.10. The third-order valence-corrected chi connectivity index (χ3v) is 4.96. The molecule has 4 rings (SSSR count). The van der Waals surface area contributed by atoms with Gasteiger partial charge in [-0.05, 0) is 11.6 Å². The summed E-state index contributed by atoms with van der Waals surface area (Å²) in [4.78, 5) is 12.5. The molecule has 1 aromatic carbocycles. The summed E-state index contributed by atoms with van der Waals surface area (Å²) >= 11 is 6.10. The summed E-state index contributed by atoms with van der Waals surface area (Å²) in [5.41, 5.74) is 7.28. The van der Waals surface area contributed by atoms with Gasteiger partial charge in [-0.2, -0.15) is 15.1 Å². The fraction of sp³-hybridized carbons (Fsp3) is 0.353. The van der Waals surface area contributed by atoms with Crippen LogP contribution in [0.3, 0.4) is 0 Å². The summed E-state index contributed by atoms with van der Waals surface area (Å²) in [7, 11) is 0. The van der Waals surface area contributed by atoms with Crippen LogP contribution in [0.15, 0.2) is 40.8 Å². The number of imidazole rings is 1. The van der Waals surface area contributed by atoms with Gasteiger partial charge in [0.1, 0.15) is 23.8 Å². The third-order valence-electron chi connectivity index (χ3n) is 4.59. The zero-order valence-electron chi connectivity index (χ0n) is 15.0. The van der Waals surface area contributed by atoms with E-state index in [1.807, 2.05) is 18.2 Å². The number of azo groups is 1. The molecule has 0 bridgehead atoms. The molecule has 0 aliphatic carbocycles. The molecule has 0 radical (unpaired) electrons. The van der Waals surface area contributed by atoms with E-state index in [2.05, 4.69) is 25.2 Å². The molecule has 1 unspecified atom stereocenters. The van der Waals surface area contributed by atoms with Crippen molar-refractivity contribution in [1.82, 2.24) is 19.5 Å². The number of hydrogen-bond donors (Lipinski definition) is 4. The molecular weight excluding hydrogens is 402 g/mol. The molecule has 1 fully saturated rings. The molecular formula is C17H18ClN7O4. The summed E-state index contributed by atoms with van der Waals surface area (Å²) in [5, 5.41) is 38.2. The Balaban J connectivity index is 1.63. The standard InChI is InChI=1S/C17H18ClN7O4/c18-9-4-2-1-3-8(9)5-21-24-17-22-14(19)11-15(23-17)25(7-20-11)16-13(28)12(27)10(6-26)29-16/h1-4,7,10,12-13,16,26-28H,5-6H2,(H2,19,22,23)/t10-,12-,13-,16?/m1/s1. The number of hydrogen-bond acceptors (Lipinski definition) is 10. The fourth-order valence-corrected chi connectivity index (χ4v) is 3.26. The van der Waals surface area contributed by atoms with Crippen LogP contribution >= 0.6 is 11.6 Å². The molecule has 1 aliphatic rings. The van der Waals surface area contributed by atoms with Crippen LogP contribution in [0.25, 0.3) is 11.2 Å². The van der Waals surface area contributed by atoms with Crippen LogP contribution in [-0.4, -0.2) is 59.8 Å². The van der Waals surface area contributed by atoms with Crippen molar-refractivity contribution in [3.05, 3.63) is 41.2 Å². The predicted octanol–water partition coefficient (Wildman–Crippen LogP) is 0.957. The molecule has 5 N–H and O–H groups in total. The van der Waals surface area contributed by atoms with Crippen molar-refractivity contribution < 1.29 is 20.1 Å². The zero-order valence-corrected chi connectivity index (χ0v) is 15.8. The second-order valence-corrected chi connectivity index (χ2v) is 6.86. The minimum Gasteiger partial charge on any atom is -0.394 e. The van der Waals surface area contributed by atoms with Crippen LogP contribution in [0.4, 0.5) is 11.8 Å². The van der Waals surface area contributed by atoms with Crippen LogP contribution in [0, 0.1) is 0 Å². The molecule has 29 heavy (non-hydrogen) atoms. The van der Waals surface area contributed by atoms with E-state index in [1.165, 1.54) is 10.9 Å². The van der Waals surface area contributed by atoms with E-state index in [9.17, 15) is 15.3 Å². The zero-order chi connectivity index (χ0) is 20.5. The second kappa shape index (κ2) is 7.97. The van der Waals surface area contributed by atoms with Crippen molar-refractivity contribution in [2.45, 2.75) is 31.1 Å². The maximum atomic E-state index is 10.3. The van der Waals surface area contributed by atoms with E-state index in [1.54, 1.807) is 6.07 Å². The van der Waals surface area contributed by atoms with E-state index >= 15 is 0 Å². The van der Waals surface area contributed by atoms with Gasteiger partial charge in [0.25, 0.3) is 5.95 Å². The van der Waals surface area contributed by atoms with Crippen LogP contribution in [0.1, 0.15) is 11.8 Å². The number of ether oxygens (including phenoxy) is 1. The van der Waals surface area contributed by atoms with Crippen LogP contribution in [0.2, 0.25) is 5.02 Å². The van der Waals surface area contributed by atoms with Gasteiger partial charge in [-0.3, -0.25) is 4.57 Å². The summed E-state index contributed by atoms with van der Waals surface area (Å²) in [5.74, 6) is 0.0720. The topological polar surface area (TPSA) is 164 Å². The average Bonchev–Trinajstić information content (AvgIpc) is 3.25. The van der Waals surface area contributed by atoms with Gasteiger partial charge in [0.05, 0.1) is 19.5 Å². The Labute approximate surface area is 169 Å². The number of nitrogen functional groups attached to an aromatic ring is 1. The number of nitrogens with two attached hydrogens (primary N) is 1. The monoisotopic (exact) mass is 419 g/mol. The molecule has 0 saturated carbocycles. The molecule has 1 aliphatic heterocycles. The molecule has 2 aromatic heterocycles. The smallest absolute Gasteiger partial charge is 0.272 e. The molecule has 0 amide bonds. The quantitative estimate of drug-likeness (QED) is 0.444. The van der Waals surface area contributed by atoms with Gasteiger partial charge in [-0.1, -0.05) is 29.8 Å². The van der Waals surface area contributed by atoms with Crippen molar-refractivity contribution in [2.75, 3.05) is 12.3 Å². The average molecular weight is 420 g/mol. The molecule has 12 heteroatoms. The summed E-state index contributed by atoms with van der Waals surface area (Å²) in [6.07, 6.45) is -3.11. The molecule has 11 nitrogen and oxygen atoms in total. The number of benzene rings is 1. The van der Waals surface area contributed by atoms with Gasteiger partial charge < -0.3 is 25.8 Å². The lowest BCUT2D eigenvalue weighted by molar-refractivity contribution is -0.0511. The Morgan fingerprint density at radius 1 is 1.21 bits per heavy atom. The Bertz CT molecular complexity index is 1060. The highest BCUT2D eigenvalue weighted by Crippen LogP contribution is 2.32. The Hall–Kier alpha value is -2.70. The molecule has 1 saturated heterocycles. The maximum absolute atomic E-state index is 10.3. The molecule has 3 heterocycles. The Kier molecular flexibility index (Phi) is 5.39. The normalized spacial score (nSPS) is 24.7. The van der Waals surface area contributed by atoms with E-state index in [4.69, 9.17) is 22.1 Å². The molecule has 0 spiro atoms. The first-order chi connectivity index (χ1) is 14.0. The summed E-state index contributed by atoms with van der Waals surface area (Å²) < 4.78 is 6.93. The number of halogens is 1. The van der Waals surface area contributed by atoms with E-state index in [0.29, 0.717) is 5.02 Å². The first kappa shape index (κ1) is 19.6. The lowest BCUT2D eigenvalue weighted by Crippen LogP contribution is -2.33. The minimum atomic E-state index is -1.29. The van der Waals surface area contributed by atoms with Gasteiger partial charge in [-0.25, -0.2) is 4.98 Å². The van der Waals surface area contributed by atoms with Gasteiger partial charge in [0, 0.05) is 5.02 Å². The first-order valence-electron chi connectivity index (χ1n) is 8.73. The van der Waals surface area contributed by atoms with Gasteiger partial charge in [0.15, 0.2) is 17.7 Å². The van der Waals surface area contributed by atoms with Gasteiger partial charge in [-0.15, -0.1) is 5.11 Å². The maximum Gasteiger partial charge on any atom is 0.272 e. The molecule has 4 atom stereocenters. The number of nitrogens with zero attached hydrogens (tertiary/aromatic N) is 6. The number of rotatable bonds is 5. The summed E-state index contributed by atoms with van der Waals surface area (Å²) in [6, 6.07) is 7.25. The highest BCUT2D eigenvalue weighted by atomic mass is 35.5. The number of aromatic nitrogens is 4. The fourth-order valence-electron chi connectivity index (χ4n) is 3.07. The highest BCUT2D eigenvalue weighted by Gasteiger charge is 2.44. The largest absolute Gasteiger partial charge is 0.394 e. The predicted molar refractivity (Wildman–Crippen MR) is 102 cm³/mol. The third kappa shape index (κ3) is 3.66. The van der Waals surface area contributed by atoms with Crippen LogP contribution in [0.5, 0.6) is 0 Å². The SMILES string of the molecule is Nc1nc(N=NCc2ccccc2Cl)nc2c1ncn2C1O[C@H](CO)[C@@H](O)[C@H]1O. The Morgan fingerprint density at radius 2 is 2.00 bits per heavy atom. The van der Waals surface area contributed by atoms with Crippen LogP contribution in [-0.2, 0) is 11.3 Å². The minimum absolute atomic E-state index is 0.00412. The van der Waals surface area contributed by atoms with Crippen molar-refractivity contribution in [2.24, 2.45) is 10.2 Å². The van der Waals surface area contributed by atoms with E-state index in [-0.39, 0.29) is 29.5 Å². The van der Waals surface area contributed by atoms with E-state index < -0.39 is 31.1 Å². The van der Waals surface area contributed by atoms with E-state index in [0.717, 1.165) is 5.56 Å². The van der Waals surface area contributed by atoms with Gasteiger partial charge >= 0.3 is 0 Å². The van der Waals surface area contributed by atoms with Crippen molar-refractivity contribution in [3.8, 4) is 0 Å². The lowest BCUT2D eigenvalue weighted by atomic mass is 10.1. The van der Waals surface area contributed by atoms with Crippen LogP contribution < -0.4 is 5.73 Å². The number of fused-ring (bicyclic) bond motifs is 1. The Morgan fingerprint density at radius 3 is 2.72 bits per heavy atom. The number of anilines is 1. The summed E-state index contributed by atoms with van der Waals surface area (Å²) in [6.45, 7) is -0.213. The number of aliphatic hydroxyl groups excluding tert-OH is 3. The van der Waals surface area contributed by atoms with Crippen molar-refractivity contribution in [1.29, 1.82) is 0 Å². The van der Waals surface area contributed by atoms with Gasteiger partial charge in [0.2, 0.25) is 0 Å². The lowest BCUT2D eigenvalue weighted by Gasteiger charge is -2.16. The number of aliphatic hydroxyl groups is 3. The van der Waals surface area contributed by atoms with Crippen molar-refractivity contribution in [3.63, 3.8) is 0 Å². The molecule has 3 aromatic rings.